The van der Waals surface area contributed by atoms with Crippen molar-refractivity contribution in [3.8, 4) is 0 Å². The molecule has 1 fully saturated rings. The molecule has 0 bridgehead atoms. The van der Waals surface area contributed by atoms with Crippen LogP contribution in [-0.4, -0.2) is 38.4 Å². The third-order valence-corrected chi connectivity index (χ3v) is 4.65. The van der Waals surface area contributed by atoms with E-state index in [0.717, 1.165) is 11.4 Å². The topological polar surface area (TPSA) is 81.8 Å². The van der Waals surface area contributed by atoms with Crippen LogP contribution in [0.15, 0.2) is 48.5 Å². The van der Waals surface area contributed by atoms with Crippen molar-refractivity contribution >= 4 is 40.5 Å². The van der Waals surface area contributed by atoms with E-state index in [2.05, 4.69) is 10.6 Å². The van der Waals surface area contributed by atoms with Gasteiger partial charge in [0.2, 0.25) is 17.7 Å². The van der Waals surface area contributed by atoms with Crippen molar-refractivity contribution in [1.82, 2.24) is 0 Å². The minimum atomic E-state index is -0.406. The summed E-state index contributed by atoms with van der Waals surface area (Å²) in [5.74, 6) is -0.803. The molecular formula is C21H24N4O3. The van der Waals surface area contributed by atoms with Crippen molar-refractivity contribution in [2.45, 2.75) is 13.3 Å². The van der Waals surface area contributed by atoms with E-state index >= 15 is 0 Å². The van der Waals surface area contributed by atoms with Crippen LogP contribution in [0.5, 0.6) is 0 Å². The molecule has 0 radical (unpaired) electrons. The Kier molecular flexibility index (Phi) is 5.63. The van der Waals surface area contributed by atoms with Gasteiger partial charge in [-0.3, -0.25) is 14.4 Å². The molecule has 0 aliphatic carbocycles. The molecule has 0 saturated carbocycles. The van der Waals surface area contributed by atoms with Gasteiger partial charge in [0.15, 0.2) is 0 Å². The van der Waals surface area contributed by atoms with Gasteiger partial charge in [-0.25, -0.2) is 0 Å². The zero-order valence-electron chi connectivity index (χ0n) is 16.2. The normalized spacial score (nSPS) is 16.0. The van der Waals surface area contributed by atoms with Gasteiger partial charge in [-0.1, -0.05) is 0 Å². The van der Waals surface area contributed by atoms with Gasteiger partial charge in [-0.2, -0.15) is 0 Å². The molecule has 1 aliphatic heterocycles. The van der Waals surface area contributed by atoms with Gasteiger partial charge in [-0.05, 0) is 48.5 Å². The average molecular weight is 380 g/mol. The molecule has 0 spiro atoms. The Bertz CT molecular complexity index is 876. The maximum Gasteiger partial charge on any atom is 0.229 e. The van der Waals surface area contributed by atoms with Crippen LogP contribution < -0.4 is 20.4 Å². The summed E-state index contributed by atoms with van der Waals surface area (Å²) < 4.78 is 0. The summed E-state index contributed by atoms with van der Waals surface area (Å²) in [6.45, 7) is 1.79. The number of rotatable bonds is 5. The van der Waals surface area contributed by atoms with Crippen LogP contribution in [0.3, 0.4) is 0 Å². The Hall–Kier alpha value is -3.35. The lowest BCUT2D eigenvalue weighted by atomic mass is 10.1. The standard InChI is InChI=1S/C21H24N4O3/c1-14(26)22-16-4-6-17(7-5-16)23-21(28)15-12-20(27)25(13-15)19-10-8-18(9-11-19)24(2)3/h4-11,15H,12-13H2,1-3H3,(H,22,26)(H,23,28). The number of hydrogen-bond acceptors (Lipinski definition) is 4. The summed E-state index contributed by atoms with van der Waals surface area (Å²) in [6.07, 6.45) is 0.186. The maximum absolute atomic E-state index is 12.6. The minimum Gasteiger partial charge on any atom is -0.378 e. The number of carbonyl (C=O) groups excluding carboxylic acids is 3. The fourth-order valence-corrected chi connectivity index (χ4v) is 3.15. The molecule has 1 unspecified atom stereocenters. The first-order valence-corrected chi connectivity index (χ1v) is 9.10. The third kappa shape index (κ3) is 4.49. The Labute approximate surface area is 164 Å². The van der Waals surface area contributed by atoms with E-state index in [9.17, 15) is 14.4 Å². The Morgan fingerprint density at radius 1 is 0.964 bits per heavy atom. The highest BCUT2D eigenvalue weighted by molar-refractivity contribution is 6.03. The molecule has 1 heterocycles. The molecule has 0 aromatic heterocycles. The quantitative estimate of drug-likeness (QED) is 0.836. The summed E-state index contributed by atoms with van der Waals surface area (Å²) >= 11 is 0. The average Bonchev–Trinajstić information content (AvgIpc) is 3.05. The number of anilines is 4. The molecule has 146 valence electrons. The van der Waals surface area contributed by atoms with E-state index < -0.39 is 5.92 Å². The number of nitrogens with zero attached hydrogens (tertiary/aromatic N) is 2. The second kappa shape index (κ2) is 8.12. The van der Waals surface area contributed by atoms with E-state index in [1.807, 2.05) is 43.3 Å². The number of benzene rings is 2. The molecule has 2 aromatic carbocycles. The van der Waals surface area contributed by atoms with Gasteiger partial charge in [0, 0.05) is 56.7 Å². The van der Waals surface area contributed by atoms with Gasteiger partial charge < -0.3 is 20.4 Å². The number of hydrogen-bond donors (Lipinski definition) is 2. The van der Waals surface area contributed by atoms with Crippen LogP contribution in [0.25, 0.3) is 0 Å². The lowest BCUT2D eigenvalue weighted by molar-refractivity contribution is -0.122. The van der Waals surface area contributed by atoms with Crippen LogP contribution in [0.2, 0.25) is 0 Å². The SMILES string of the molecule is CC(=O)Nc1ccc(NC(=O)C2CC(=O)N(c3ccc(N(C)C)cc3)C2)cc1. The predicted octanol–water partition coefficient (Wildman–Crippen LogP) is 2.70. The van der Waals surface area contributed by atoms with Crippen LogP contribution in [0.1, 0.15) is 13.3 Å². The summed E-state index contributed by atoms with van der Waals surface area (Å²) in [5, 5.41) is 5.52. The van der Waals surface area contributed by atoms with Crippen molar-refractivity contribution in [1.29, 1.82) is 0 Å². The third-order valence-electron chi connectivity index (χ3n) is 4.65. The lowest BCUT2D eigenvalue weighted by Gasteiger charge is -2.19. The van der Waals surface area contributed by atoms with Crippen molar-refractivity contribution in [2.24, 2.45) is 5.92 Å². The van der Waals surface area contributed by atoms with Gasteiger partial charge >= 0.3 is 0 Å². The predicted molar refractivity (Wildman–Crippen MR) is 111 cm³/mol. The van der Waals surface area contributed by atoms with E-state index in [4.69, 9.17) is 0 Å². The number of amides is 3. The van der Waals surface area contributed by atoms with Crippen LogP contribution in [0.4, 0.5) is 22.7 Å². The Morgan fingerprint density at radius 2 is 1.54 bits per heavy atom. The largest absolute Gasteiger partial charge is 0.378 e. The molecule has 3 rings (SSSR count). The van der Waals surface area contributed by atoms with Gasteiger partial charge in [0.25, 0.3) is 0 Å². The summed E-state index contributed by atoms with van der Waals surface area (Å²) in [7, 11) is 3.91. The fourth-order valence-electron chi connectivity index (χ4n) is 3.15. The van der Waals surface area contributed by atoms with Crippen LogP contribution in [0, 0.1) is 5.92 Å². The molecule has 1 atom stereocenters. The number of nitrogens with one attached hydrogen (secondary N) is 2. The fraction of sp³-hybridized carbons (Fsp3) is 0.286. The summed E-state index contributed by atoms with van der Waals surface area (Å²) in [6, 6.07) is 14.6. The highest BCUT2D eigenvalue weighted by atomic mass is 16.2. The molecule has 3 amide bonds. The molecule has 1 aliphatic rings. The lowest BCUT2D eigenvalue weighted by Crippen LogP contribution is -2.28. The second-order valence-corrected chi connectivity index (χ2v) is 7.06. The van der Waals surface area contributed by atoms with E-state index in [1.54, 1.807) is 29.2 Å². The zero-order valence-corrected chi connectivity index (χ0v) is 16.2. The molecule has 2 N–H and O–H groups in total. The first-order valence-electron chi connectivity index (χ1n) is 9.10. The van der Waals surface area contributed by atoms with Gasteiger partial charge in [0.1, 0.15) is 0 Å². The van der Waals surface area contributed by atoms with Crippen molar-refractivity contribution < 1.29 is 14.4 Å². The monoisotopic (exact) mass is 380 g/mol. The number of carbonyl (C=O) groups is 3. The van der Waals surface area contributed by atoms with Crippen LogP contribution >= 0.6 is 0 Å². The van der Waals surface area contributed by atoms with Gasteiger partial charge in [-0.15, -0.1) is 0 Å². The van der Waals surface area contributed by atoms with E-state index in [1.165, 1.54) is 6.92 Å². The Balaban J connectivity index is 1.62. The molecular weight excluding hydrogens is 356 g/mol. The van der Waals surface area contributed by atoms with Crippen molar-refractivity contribution in [2.75, 3.05) is 41.1 Å². The molecule has 7 nitrogen and oxygen atoms in total. The smallest absolute Gasteiger partial charge is 0.229 e. The molecule has 2 aromatic rings. The second-order valence-electron chi connectivity index (χ2n) is 7.06. The summed E-state index contributed by atoms with van der Waals surface area (Å²) in [4.78, 5) is 39.7. The van der Waals surface area contributed by atoms with E-state index in [0.29, 0.717) is 17.9 Å². The van der Waals surface area contributed by atoms with Crippen molar-refractivity contribution in [3.63, 3.8) is 0 Å². The molecule has 1 saturated heterocycles. The molecule has 28 heavy (non-hydrogen) atoms. The first kappa shape index (κ1) is 19.4. The Morgan fingerprint density at radius 3 is 2.07 bits per heavy atom. The highest BCUT2D eigenvalue weighted by Gasteiger charge is 2.35. The zero-order chi connectivity index (χ0) is 20.3. The molecule has 7 heteroatoms. The van der Waals surface area contributed by atoms with Crippen LogP contribution in [-0.2, 0) is 14.4 Å². The summed E-state index contributed by atoms with van der Waals surface area (Å²) in [5.41, 5.74) is 3.13. The van der Waals surface area contributed by atoms with Crippen molar-refractivity contribution in [3.05, 3.63) is 48.5 Å². The highest BCUT2D eigenvalue weighted by Crippen LogP contribution is 2.27. The minimum absolute atomic E-state index is 0.0567. The maximum atomic E-state index is 12.6. The van der Waals surface area contributed by atoms with Gasteiger partial charge in [0.05, 0.1) is 5.92 Å². The first-order chi connectivity index (χ1) is 13.3. The van der Waals surface area contributed by atoms with E-state index in [-0.39, 0.29) is 24.1 Å².